The van der Waals surface area contributed by atoms with E-state index in [4.69, 9.17) is 8.83 Å². The normalized spacial score (nSPS) is 16.9. The van der Waals surface area contributed by atoms with Gasteiger partial charge in [0.1, 0.15) is 11.6 Å². The van der Waals surface area contributed by atoms with Crippen molar-refractivity contribution in [1.29, 1.82) is 0 Å². The van der Waals surface area contributed by atoms with E-state index in [1.165, 1.54) is 0 Å². The molecule has 4 heterocycles. The fourth-order valence-corrected chi connectivity index (χ4v) is 4.42. The number of hydrogen-bond donors (Lipinski definition) is 0. The molecule has 6 nitrogen and oxygen atoms in total. The van der Waals surface area contributed by atoms with Crippen LogP contribution in [0, 0.1) is 6.92 Å². The lowest BCUT2D eigenvalue weighted by molar-refractivity contribution is -0.131. The predicted octanol–water partition coefficient (Wildman–Crippen LogP) is 4.76. The van der Waals surface area contributed by atoms with Gasteiger partial charge in [0.2, 0.25) is 17.7 Å². The smallest absolute Gasteiger partial charge is 0.248 e. The van der Waals surface area contributed by atoms with Crippen molar-refractivity contribution >= 4 is 28.2 Å². The van der Waals surface area contributed by atoms with Crippen LogP contribution < -0.4 is 0 Å². The molecule has 0 spiro atoms. The number of amides is 1. The van der Waals surface area contributed by atoms with Crippen LogP contribution in [0.25, 0.3) is 22.4 Å². The van der Waals surface area contributed by atoms with Gasteiger partial charge in [-0.3, -0.25) is 4.79 Å². The van der Waals surface area contributed by atoms with E-state index in [0.29, 0.717) is 24.7 Å². The zero-order valence-corrected chi connectivity index (χ0v) is 16.2. The Morgan fingerprint density at radius 1 is 1.32 bits per heavy atom. The lowest BCUT2D eigenvalue weighted by Crippen LogP contribution is -2.32. The molecule has 1 aliphatic heterocycles. The fraction of sp³-hybridized carbons (Fsp3) is 0.286. The number of carbonyl (C=O) groups is 1. The van der Waals surface area contributed by atoms with Crippen LogP contribution in [-0.4, -0.2) is 27.5 Å². The number of fused-ring (bicyclic) bond motifs is 1. The Morgan fingerprint density at radius 3 is 3.11 bits per heavy atom. The standard InChI is InChI=1S/C21H19N3O3S/c1-13-4-5-16-15(11-26-18(16)9-13)10-19(25)24-7-2-3-17(24)21-23-22-20(27-21)14-6-8-28-12-14/h4-6,8-9,11-12,17H,2-3,7,10H2,1H3/t17-/m0/s1. The summed E-state index contributed by atoms with van der Waals surface area (Å²) in [5, 5.41) is 13.3. The van der Waals surface area contributed by atoms with E-state index in [9.17, 15) is 4.79 Å². The molecule has 1 atom stereocenters. The number of aromatic nitrogens is 2. The Hall–Kier alpha value is -2.93. The Kier molecular flexibility index (Phi) is 4.24. The molecule has 0 N–H and O–H groups in total. The summed E-state index contributed by atoms with van der Waals surface area (Å²) >= 11 is 1.58. The molecule has 5 rings (SSSR count). The van der Waals surface area contributed by atoms with Gasteiger partial charge in [-0.2, -0.15) is 11.3 Å². The number of hydrogen-bond acceptors (Lipinski definition) is 6. The second kappa shape index (κ2) is 6.91. The first-order chi connectivity index (χ1) is 13.7. The molecule has 1 saturated heterocycles. The van der Waals surface area contributed by atoms with Crippen LogP contribution in [0.1, 0.15) is 35.9 Å². The first-order valence-electron chi connectivity index (χ1n) is 9.31. The lowest BCUT2D eigenvalue weighted by Gasteiger charge is -2.21. The molecular weight excluding hydrogens is 374 g/mol. The van der Waals surface area contributed by atoms with Crippen LogP contribution >= 0.6 is 11.3 Å². The van der Waals surface area contributed by atoms with Crippen LogP contribution in [0.4, 0.5) is 0 Å². The first kappa shape index (κ1) is 17.2. The summed E-state index contributed by atoms with van der Waals surface area (Å²) in [6.07, 6.45) is 3.76. The van der Waals surface area contributed by atoms with E-state index < -0.39 is 0 Å². The summed E-state index contributed by atoms with van der Waals surface area (Å²) in [7, 11) is 0. The summed E-state index contributed by atoms with van der Waals surface area (Å²) < 4.78 is 11.5. The van der Waals surface area contributed by atoms with Crippen molar-refractivity contribution in [2.24, 2.45) is 0 Å². The third kappa shape index (κ3) is 3.01. The number of thiophene rings is 1. The summed E-state index contributed by atoms with van der Waals surface area (Å²) in [6, 6.07) is 7.84. The monoisotopic (exact) mass is 393 g/mol. The van der Waals surface area contributed by atoms with E-state index in [1.807, 2.05) is 46.8 Å². The van der Waals surface area contributed by atoms with Gasteiger partial charge >= 0.3 is 0 Å². The van der Waals surface area contributed by atoms with Crippen LogP contribution in [0.5, 0.6) is 0 Å². The van der Waals surface area contributed by atoms with Gasteiger partial charge in [0.15, 0.2) is 0 Å². The number of nitrogens with zero attached hydrogens (tertiary/aromatic N) is 3. The average molecular weight is 393 g/mol. The van der Waals surface area contributed by atoms with Crippen molar-refractivity contribution in [1.82, 2.24) is 15.1 Å². The topological polar surface area (TPSA) is 72.4 Å². The predicted molar refractivity (Wildman–Crippen MR) is 106 cm³/mol. The van der Waals surface area contributed by atoms with Crippen LogP contribution in [0.2, 0.25) is 0 Å². The zero-order chi connectivity index (χ0) is 19.1. The van der Waals surface area contributed by atoms with Crippen molar-refractivity contribution < 1.29 is 13.6 Å². The molecule has 0 bridgehead atoms. The van der Waals surface area contributed by atoms with E-state index in [0.717, 1.165) is 40.5 Å². The summed E-state index contributed by atoms with van der Waals surface area (Å²) in [5.41, 5.74) is 3.78. The molecule has 0 unspecified atom stereocenters. The van der Waals surface area contributed by atoms with Gasteiger partial charge < -0.3 is 13.7 Å². The number of benzene rings is 1. The SMILES string of the molecule is Cc1ccc2c(CC(=O)N3CCC[C@H]3c3nnc(-c4ccsc4)o3)coc2c1. The molecule has 0 radical (unpaired) electrons. The van der Waals surface area contributed by atoms with Gasteiger partial charge in [-0.15, -0.1) is 10.2 Å². The van der Waals surface area contributed by atoms with E-state index >= 15 is 0 Å². The maximum atomic E-state index is 13.0. The van der Waals surface area contributed by atoms with E-state index in [1.54, 1.807) is 17.6 Å². The summed E-state index contributed by atoms with van der Waals surface area (Å²) in [5.74, 6) is 1.08. The molecule has 1 fully saturated rings. The van der Waals surface area contributed by atoms with Gasteiger partial charge in [-0.05, 0) is 42.8 Å². The van der Waals surface area contributed by atoms with Gasteiger partial charge in [-0.25, -0.2) is 0 Å². The van der Waals surface area contributed by atoms with Crippen LogP contribution in [0.15, 0.2) is 50.1 Å². The second-order valence-corrected chi connectivity index (χ2v) is 7.92. The molecule has 142 valence electrons. The highest BCUT2D eigenvalue weighted by atomic mass is 32.1. The lowest BCUT2D eigenvalue weighted by atomic mass is 10.1. The summed E-state index contributed by atoms with van der Waals surface area (Å²) in [4.78, 5) is 14.9. The Labute approximate surface area is 165 Å². The van der Waals surface area contributed by atoms with Gasteiger partial charge in [-0.1, -0.05) is 12.1 Å². The quantitative estimate of drug-likeness (QED) is 0.500. The van der Waals surface area contributed by atoms with Gasteiger partial charge in [0.25, 0.3) is 0 Å². The zero-order valence-electron chi connectivity index (χ0n) is 15.4. The number of carbonyl (C=O) groups excluding carboxylic acids is 1. The molecule has 1 amide bonds. The largest absolute Gasteiger partial charge is 0.464 e. The Balaban J connectivity index is 1.37. The minimum absolute atomic E-state index is 0.0565. The molecule has 1 aromatic carbocycles. The third-order valence-corrected chi connectivity index (χ3v) is 5.90. The maximum absolute atomic E-state index is 13.0. The van der Waals surface area contributed by atoms with Crippen molar-refractivity contribution in [3.8, 4) is 11.5 Å². The molecule has 0 saturated carbocycles. The molecule has 4 aromatic rings. The van der Waals surface area contributed by atoms with Gasteiger partial charge in [0.05, 0.1) is 12.7 Å². The highest BCUT2D eigenvalue weighted by Crippen LogP contribution is 2.34. The molecule has 3 aromatic heterocycles. The van der Waals surface area contributed by atoms with Crippen LogP contribution in [0.3, 0.4) is 0 Å². The highest BCUT2D eigenvalue weighted by Gasteiger charge is 2.34. The van der Waals surface area contributed by atoms with E-state index in [-0.39, 0.29) is 11.9 Å². The number of rotatable bonds is 4. The van der Waals surface area contributed by atoms with Crippen molar-refractivity contribution in [2.75, 3.05) is 6.54 Å². The highest BCUT2D eigenvalue weighted by molar-refractivity contribution is 7.08. The summed E-state index contributed by atoms with van der Waals surface area (Å²) in [6.45, 7) is 2.73. The molecule has 0 aliphatic carbocycles. The van der Waals surface area contributed by atoms with Crippen molar-refractivity contribution in [3.63, 3.8) is 0 Å². The Bertz CT molecular complexity index is 1130. The van der Waals surface area contributed by atoms with Crippen molar-refractivity contribution in [3.05, 3.63) is 58.3 Å². The van der Waals surface area contributed by atoms with E-state index in [2.05, 4.69) is 10.2 Å². The number of likely N-dealkylation sites (tertiary alicyclic amines) is 1. The van der Waals surface area contributed by atoms with Crippen molar-refractivity contribution in [2.45, 2.75) is 32.2 Å². The fourth-order valence-electron chi connectivity index (χ4n) is 3.79. The number of furan rings is 1. The minimum Gasteiger partial charge on any atom is -0.464 e. The molecule has 7 heteroatoms. The maximum Gasteiger partial charge on any atom is 0.248 e. The van der Waals surface area contributed by atoms with Gasteiger partial charge in [0, 0.05) is 28.4 Å². The third-order valence-electron chi connectivity index (χ3n) is 5.22. The Morgan fingerprint density at radius 2 is 2.25 bits per heavy atom. The molecule has 28 heavy (non-hydrogen) atoms. The minimum atomic E-state index is -0.159. The number of aryl methyl sites for hydroxylation is 1. The molecule has 1 aliphatic rings. The first-order valence-corrected chi connectivity index (χ1v) is 10.3. The molecular formula is C21H19N3O3S. The second-order valence-electron chi connectivity index (χ2n) is 7.14. The van der Waals surface area contributed by atoms with Crippen LogP contribution in [-0.2, 0) is 11.2 Å². The average Bonchev–Trinajstić information content (AvgIpc) is 3.46.